The van der Waals surface area contributed by atoms with Crippen LogP contribution in [0.5, 0.6) is 0 Å². The van der Waals surface area contributed by atoms with Crippen molar-refractivity contribution < 1.29 is 80.2 Å². The molecule has 0 fully saturated rings. The fourth-order valence-corrected chi connectivity index (χ4v) is 12.3. The maximum absolute atomic E-state index is 13.0. The molecule has 0 rings (SSSR count). The van der Waals surface area contributed by atoms with E-state index in [1.165, 1.54) is 167 Å². The molecule has 17 nitrogen and oxygen atoms in total. The van der Waals surface area contributed by atoms with Crippen LogP contribution in [0.3, 0.4) is 0 Å². The van der Waals surface area contributed by atoms with E-state index in [2.05, 4.69) is 48.5 Å². The Morgan fingerprint density at radius 2 is 0.567 bits per heavy atom. The number of esters is 4. The van der Waals surface area contributed by atoms with Gasteiger partial charge in [-0.25, -0.2) is 9.13 Å². The van der Waals surface area contributed by atoms with Crippen molar-refractivity contribution in [2.45, 2.75) is 375 Å². The summed E-state index contributed by atoms with van der Waals surface area (Å²) in [5, 5.41) is 10.6. The molecule has 0 radical (unpaired) electrons. The maximum atomic E-state index is 13.0. The van der Waals surface area contributed by atoms with E-state index in [0.717, 1.165) is 108 Å². The standard InChI is InChI=1S/C71H138O17P2/c1-8-10-11-12-13-21-31-38-45-52-68(73)81-58-67(88-71(76)55-48-41-34-26-24-29-36-43-50-63(5)6)61-86-90(79,80)84-57-65(72)56-83-89(77,78)85-60-66(59-82-69(74)53-46-39-32-27-25-30-37-44-51-64(7)9-2)87-70(75)54-47-40-33-23-20-18-16-14-15-17-19-22-28-35-42-49-62(3)4/h62-67,72H,8-61H2,1-7H3,(H,77,78)(H,79,80)/t64?,65-,66-,67-/m1/s1. The summed E-state index contributed by atoms with van der Waals surface area (Å²) in [7, 11) is -9.90. The molecule has 0 aliphatic heterocycles. The van der Waals surface area contributed by atoms with Gasteiger partial charge in [-0.05, 0) is 43.4 Å². The van der Waals surface area contributed by atoms with Crippen LogP contribution < -0.4 is 0 Å². The Morgan fingerprint density at radius 1 is 0.322 bits per heavy atom. The first-order chi connectivity index (χ1) is 43.3. The molecule has 0 aromatic carbocycles. The molecule has 534 valence electrons. The van der Waals surface area contributed by atoms with Crippen LogP contribution in [0.15, 0.2) is 0 Å². The van der Waals surface area contributed by atoms with Crippen LogP contribution in [0.2, 0.25) is 0 Å². The average molecular weight is 1330 g/mol. The molecule has 0 saturated carbocycles. The van der Waals surface area contributed by atoms with E-state index in [9.17, 15) is 43.2 Å². The molecule has 0 aliphatic rings. The number of hydrogen-bond acceptors (Lipinski definition) is 15. The predicted molar refractivity (Wildman–Crippen MR) is 363 cm³/mol. The predicted octanol–water partition coefficient (Wildman–Crippen LogP) is 20.2. The zero-order valence-electron chi connectivity index (χ0n) is 58.6. The summed E-state index contributed by atoms with van der Waals surface area (Å²) in [6.07, 6.45) is 45.8. The first-order valence-corrected chi connectivity index (χ1v) is 39.9. The van der Waals surface area contributed by atoms with Gasteiger partial charge in [0, 0.05) is 25.7 Å². The number of carbonyl (C=O) groups excluding carboxylic acids is 4. The number of aliphatic hydroxyl groups excluding tert-OH is 1. The van der Waals surface area contributed by atoms with Gasteiger partial charge >= 0.3 is 39.5 Å². The van der Waals surface area contributed by atoms with E-state index in [-0.39, 0.29) is 25.7 Å². The van der Waals surface area contributed by atoms with E-state index in [0.29, 0.717) is 25.7 Å². The summed E-state index contributed by atoms with van der Waals surface area (Å²) in [6, 6.07) is 0. The highest BCUT2D eigenvalue weighted by Crippen LogP contribution is 2.45. The average Bonchev–Trinajstić information content (AvgIpc) is 2.48. The minimum atomic E-state index is -4.95. The van der Waals surface area contributed by atoms with Crippen LogP contribution in [0.25, 0.3) is 0 Å². The second-order valence-corrected chi connectivity index (χ2v) is 29.7. The molecule has 0 aliphatic carbocycles. The monoisotopic (exact) mass is 1320 g/mol. The number of aliphatic hydroxyl groups is 1. The highest BCUT2D eigenvalue weighted by molar-refractivity contribution is 7.47. The van der Waals surface area contributed by atoms with Crippen LogP contribution >= 0.6 is 15.6 Å². The van der Waals surface area contributed by atoms with Gasteiger partial charge in [0.2, 0.25) is 0 Å². The summed E-state index contributed by atoms with van der Waals surface area (Å²) < 4.78 is 68.3. The van der Waals surface area contributed by atoms with Crippen molar-refractivity contribution in [1.82, 2.24) is 0 Å². The van der Waals surface area contributed by atoms with Crippen molar-refractivity contribution in [2.24, 2.45) is 17.8 Å². The quantitative estimate of drug-likeness (QED) is 0.0222. The third-order valence-corrected chi connectivity index (χ3v) is 18.6. The SMILES string of the molecule is CCCCCCCCCCCC(=O)OC[C@H](COP(=O)(O)OC[C@H](O)COP(=O)(O)OC[C@@H](COC(=O)CCCCCCCCCCC(C)CC)OC(=O)CCCCCCCCCCCCCCCCCC(C)C)OC(=O)CCCCCCCCCCC(C)C. The van der Waals surface area contributed by atoms with Crippen molar-refractivity contribution in [3.8, 4) is 0 Å². The lowest BCUT2D eigenvalue weighted by Gasteiger charge is -2.21. The van der Waals surface area contributed by atoms with E-state index in [1.54, 1.807) is 0 Å². The number of hydrogen-bond donors (Lipinski definition) is 3. The largest absolute Gasteiger partial charge is 0.472 e. The Kier molecular flexibility index (Phi) is 60.6. The molecule has 0 heterocycles. The highest BCUT2D eigenvalue weighted by atomic mass is 31.2. The molecular formula is C71H138O17P2. The Labute approximate surface area is 549 Å². The van der Waals surface area contributed by atoms with Crippen molar-refractivity contribution >= 4 is 39.5 Å². The molecule has 0 aromatic heterocycles. The van der Waals surface area contributed by atoms with Crippen LogP contribution in [0.4, 0.5) is 0 Å². The Morgan fingerprint density at radius 3 is 0.844 bits per heavy atom. The number of rotatable bonds is 69. The molecule has 0 spiro atoms. The van der Waals surface area contributed by atoms with Crippen molar-refractivity contribution in [3.05, 3.63) is 0 Å². The van der Waals surface area contributed by atoms with Crippen LogP contribution in [0.1, 0.15) is 357 Å². The van der Waals surface area contributed by atoms with Crippen LogP contribution in [-0.2, 0) is 65.4 Å². The van der Waals surface area contributed by atoms with Gasteiger partial charge in [-0.1, -0.05) is 305 Å². The fraction of sp³-hybridized carbons (Fsp3) is 0.944. The summed E-state index contributed by atoms with van der Waals surface area (Å²) >= 11 is 0. The smallest absolute Gasteiger partial charge is 0.462 e. The minimum absolute atomic E-state index is 0.104. The Balaban J connectivity index is 5.22. The third kappa shape index (κ3) is 63.5. The summed E-state index contributed by atoms with van der Waals surface area (Å²) in [5.74, 6) is 0.171. The van der Waals surface area contributed by atoms with Gasteiger partial charge in [-0.15, -0.1) is 0 Å². The fourth-order valence-electron chi connectivity index (χ4n) is 10.7. The van der Waals surface area contributed by atoms with Gasteiger partial charge in [-0.2, -0.15) is 0 Å². The molecule has 3 N–H and O–H groups in total. The molecule has 6 atom stereocenters. The van der Waals surface area contributed by atoms with Gasteiger partial charge in [0.05, 0.1) is 26.4 Å². The number of phosphoric acid groups is 2. The van der Waals surface area contributed by atoms with E-state index in [1.807, 2.05) is 0 Å². The van der Waals surface area contributed by atoms with Crippen molar-refractivity contribution in [2.75, 3.05) is 39.6 Å². The van der Waals surface area contributed by atoms with E-state index >= 15 is 0 Å². The zero-order valence-corrected chi connectivity index (χ0v) is 60.4. The molecule has 90 heavy (non-hydrogen) atoms. The van der Waals surface area contributed by atoms with Gasteiger partial charge in [0.1, 0.15) is 19.3 Å². The van der Waals surface area contributed by atoms with Crippen molar-refractivity contribution in [1.29, 1.82) is 0 Å². The lowest BCUT2D eigenvalue weighted by atomic mass is 9.99. The first-order valence-electron chi connectivity index (χ1n) is 36.9. The lowest BCUT2D eigenvalue weighted by Crippen LogP contribution is -2.30. The Bertz CT molecular complexity index is 1770. The van der Waals surface area contributed by atoms with Gasteiger partial charge in [0.15, 0.2) is 12.2 Å². The Hall–Kier alpha value is -1.94. The minimum Gasteiger partial charge on any atom is -0.462 e. The summed E-state index contributed by atoms with van der Waals surface area (Å²) in [6.45, 7) is 11.8. The summed E-state index contributed by atoms with van der Waals surface area (Å²) in [5.41, 5.74) is 0. The van der Waals surface area contributed by atoms with Crippen LogP contribution in [0, 0.1) is 17.8 Å². The number of carbonyl (C=O) groups is 4. The summed E-state index contributed by atoms with van der Waals surface area (Å²) in [4.78, 5) is 72.5. The second kappa shape index (κ2) is 61.9. The molecule has 0 saturated heterocycles. The zero-order chi connectivity index (χ0) is 66.6. The van der Waals surface area contributed by atoms with Gasteiger partial charge in [-0.3, -0.25) is 37.3 Å². The normalized spacial score (nSPS) is 14.5. The lowest BCUT2D eigenvalue weighted by molar-refractivity contribution is -0.161. The van der Waals surface area contributed by atoms with E-state index in [4.69, 9.17) is 37.0 Å². The molecule has 3 unspecified atom stereocenters. The maximum Gasteiger partial charge on any atom is 0.472 e. The highest BCUT2D eigenvalue weighted by Gasteiger charge is 2.30. The number of phosphoric ester groups is 2. The molecule has 19 heteroatoms. The van der Waals surface area contributed by atoms with Crippen molar-refractivity contribution in [3.63, 3.8) is 0 Å². The first kappa shape index (κ1) is 88.1. The van der Waals surface area contributed by atoms with Gasteiger partial charge < -0.3 is 33.8 Å². The molecular weight excluding hydrogens is 1190 g/mol. The molecule has 0 aromatic rings. The second-order valence-electron chi connectivity index (χ2n) is 26.8. The number of unbranched alkanes of at least 4 members (excludes halogenated alkanes) is 36. The third-order valence-electron chi connectivity index (χ3n) is 16.7. The van der Waals surface area contributed by atoms with E-state index < -0.39 is 97.5 Å². The topological polar surface area (TPSA) is 237 Å². The van der Waals surface area contributed by atoms with Gasteiger partial charge in [0.25, 0.3) is 0 Å². The number of ether oxygens (including phenoxy) is 4. The molecule has 0 bridgehead atoms. The molecule has 0 amide bonds. The van der Waals surface area contributed by atoms with Crippen LogP contribution in [-0.4, -0.2) is 96.7 Å².